The molecule has 1 aromatic carbocycles. The third kappa shape index (κ3) is 6.99. The Morgan fingerprint density at radius 2 is 1.96 bits per heavy atom. The fourth-order valence-electron chi connectivity index (χ4n) is 2.62. The summed E-state index contributed by atoms with van der Waals surface area (Å²) in [5.74, 6) is -0.542. The Morgan fingerprint density at radius 1 is 1.22 bits per heavy atom. The summed E-state index contributed by atoms with van der Waals surface area (Å²) >= 11 is 0. The highest BCUT2D eigenvalue weighted by molar-refractivity contribution is 6.01. The predicted molar refractivity (Wildman–Crippen MR) is 97.7 cm³/mol. The van der Waals surface area contributed by atoms with E-state index in [4.69, 9.17) is 14.2 Å². The largest absolute Gasteiger partial charge is 0.482 e. The van der Waals surface area contributed by atoms with Crippen molar-refractivity contribution in [1.82, 2.24) is 10.6 Å². The molecule has 1 fully saturated rings. The SMILES string of the molecule is CCOC(=O)COc1ccc(C(=O)[C@@H](C)NC(=O)COC2CCNC2)cc1. The molecular formula is C19H26N2O6. The molecule has 1 saturated heterocycles. The summed E-state index contributed by atoms with van der Waals surface area (Å²) in [4.78, 5) is 35.6. The van der Waals surface area contributed by atoms with Gasteiger partial charge in [-0.1, -0.05) is 0 Å². The van der Waals surface area contributed by atoms with Crippen molar-refractivity contribution < 1.29 is 28.6 Å². The second kappa shape index (κ2) is 10.6. The molecular weight excluding hydrogens is 352 g/mol. The number of rotatable bonds is 10. The van der Waals surface area contributed by atoms with Crippen LogP contribution in [0.1, 0.15) is 30.6 Å². The second-order valence-corrected chi connectivity index (χ2v) is 6.20. The van der Waals surface area contributed by atoms with Crippen LogP contribution in [0, 0.1) is 0 Å². The zero-order valence-electron chi connectivity index (χ0n) is 15.7. The molecule has 0 aromatic heterocycles. The van der Waals surface area contributed by atoms with Gasteiger partial charge in [0.15, 0.2) is 12.4 Å². The van der Waals surface area contributed by atoms with Gasteiger partial charge in [0.05, 0.1) is 18.8 Å². The minimum absolute atomic E-state index is 0.0453. The van der Waals surface area contributed by atoms with E-state index in [1.54, 1.807) is 38.1 Å². The smallest absolute Gasteiger partial charge is 0.344 e. The Bertz CT molecular complexity index is 640. The van der Waals surface area contributed by atoms with Crippen LogP contribution in [0.3, 0.4) is 0 Å². The van der Waals surface area contributed by atoms with Gasteiger partial charge in [-0.3, -0.25) is 9.59 Å². The molecule has 0 aliphatic carbocycles. The van der Waals surface area contributed by atoms with Gasteiger partial charge in [-0.15, -0.1) is 0 Å². The predicted octanol–water partition coefficient (Wildman–Crippen LogP) is 0.694. The van der Waals surface area contributed by atoms with Crippen molar-refractivity contribution in [3.63, 3.8) is 0 Å². The lowest BCUT2D eigenvalue weighted by Crippen LogP contribution is -2.41. The highest BCUT2D eigenvalue weighted by Crippen LogP contribution is 2.14. The van der Waals surface area contributed by atoms with Crippen LogP contribution in [0.25, 0.3) is 0 Å². The highest BCUT2D eigenvalue weighted by Gasteiger charge is 2.20. The lowest BCUT2D eigenvalue weighted by atomic mass is 10.1. The molecule has 27 heavy (non-hydrogen) atoms. The Kier molecular flexibility index (Phi) is 8.22. The number of hydrogen-bond donors (Lipinski definition) is 2. The number of ketones is 1. The van der Waals surface area contributed by atoms with E-state index in [0.29, 0.717) is 17.9 Å². The molecule has 1 amide bonds. The number of carbonyl (C=O) groups excluding carboxylic acids is 3. The summed E-state index contributed by atoms with van der Waals surface area (Å²) in [6.45, 7) is 5.02. The van der Waals surface area contributed by atoms with E-state index >= 15 is 0 Å². The van der Waals surface area contributed by atoms with Crippen LogP contribution in [0.5, 0.6) is 5.75 Å². The standard InChI is InChI=1S/C19H26N2O6/c1-3-25-18(23)12-27-15-6-4-14(5-7-15)19(24)13(2)21-17(22)11-26-16-8-9-20-10-16/h4-7,13,16,20H,3,8-12H2,1-2H3,(H,21,22)/t13-,16?/m1/s1. The average Bonchev–Trinajstić information content (AvgIpc) is 3.18. The Balaban J connectivity index is 1.77. The van der Waals surface area contributed by atoms with Crippen LogP contribution in [0.2, 0.25) is 0 Å². The van der Waals surface area contributed by atoms with Crippen LogP contribution >= 0.6 is 0 Å². The maximum Gasteiger partial charge on any atom is 0.344 e. The molecule has 148 valence electrons. The molecule has 0 bridgehead atoms. The fraction of sp³-hybridized carbons (Fsp3) is 0.526. The normalized spacial score (nSPS) is 17.2. The summed E-state index contributed by atoms with van der Waals surface area (Å²) < 4.78 is 15.5. The van der Waals surface area contributed by atoms with E-state index in [-0.39, 0.29) is 31.0 Å². The summed E-state index contributed by atoms with van der Waals surface area (Å²) in [5, 5.41) is 5.80. The summed E-state index contributed by atoms with van der Waals surface area (Å²) in [6, 6.07) is 5.70. The van der Waals surface area contributed by atoms with Crippen molar-refractivity contribution in [3.8, 4) is 5.75 Å². The van der Waals surface area contributed by atoms with Crippen molar-refractivity contribution in [2.75, 3.05) is 32.9 Å². The molecule has 0 saturated carbocycles. The van der Waals surface area contributed by atoms with Crippen LogP contribution in [0.15, 0.2) is 24.3 Å². The first-order valence-corrected chi connectivity index (χ1v) is 9.04. The Labute approximate surface area is 158 Å². The first-order valence-electron chi connectivity index (χ1n) is 9.04. The van der Waals surface area contributed by atoms with E-state index < -0.39 is 12.0 Å². The van der Waals surface area contributed by atoms with Crippen molar-refractivity contribution >= 4 is 17.7 Å². The van der Waals surface area contributed by atoms with Gasteiger partial charge in [-0.25, -0.2) is 4.79 Å². The van der Waals surface area contributed by atoms with Crippen molar-refractivity contribution in [2.24, 2.45) is 0 Å². The van der Waals surface area contributed by atoms with Gasteiger partial charge in [0.1, 0.15) is 12.4 Å². The van der Waals surface area contributed by atoms with Crippen molar-refractivity contribution in [1.29, 1.82) is 0 Å². The average molecular weight is 378 g/mol. The monoisotopic (exact) mass is 378 g/mol. The number of benzene rings is 1. The van der Waals surface area contributed by atoms with E-state index in [1.807, 2.05) is 0 Å². The first kappa shape index (κ1) is 20.9. The highest BCUT2D eigenvalue weighted by atomic mass is 16.6. The van der Waals surface area contributed by atoms with Gasteiger partial charge in [0, 0.05) is 12.1 Å². The van der Waals surface area contributed by atoms with E-state index in [0.717, 1.165) is 19.5 Å². The quantitative estimate of drug-likeness (QED) is 0.456. The van der Waals surface area contributed by atoms with Crippen LogP contribution in [0.4, 0.5) is 0 Å². The van der Waals surface area contributed by atoms with Gasteiger partial charge in [-0.05, 0) is 51.1 Å². The molecule has 2 rings (SSSR count). The van der Waals surface area contributed by atoms with Gasteiger partial charge in [0.2, 0.25) is 5.91 Å². The fourth-order valence-corrected chi connectivity index (χ4v) is 2.62. The number of carbonyl (C=O) groups is 3. The van der Waals surface area contributed by atoms with Crippen LogP contribution < -0.4 is 15.4 Å². The van der Waals surface area contributed by atoms with Gasteiger partial charge in [-0.2, -0.15) is 0 Å². The van der Waals surface area contributed by atoms with E-state index in [1.165, 1.54) is 0 Å². The maximum atomic E-state index is 12.4. The molecule has 2 atom stereocenters. The molecule has 0 radical (unpaired) electrons. The number of ether oxygens (including phenoxy) is 3. The molecule has 0 spiro atoms. The lowest BCUT2D eigenvalue weighted by molar-refractivity contribution is -0.145. The molecule has 1 heterocycles. The maximum absolute atomic E-state index is 12.4. The molecule has 1 aromatic rings. The molecule has 1 aliphatic rings. The molecule has 8 nitrogen and oxygen atoms in total. The zero-order chi connectivity index (χ0) is 19.6. The Morgan fingerprint density at radius 3 is 2.59 bits per heavy atom. The number of nitrogens with one attached hydrogen (secondary N) is 2. The van der Waals surface area contributed by atoms with E-state index in [9.17, 15) is 14.4 Å². The summed E-state index contributed by atoms with van der Waals surface area (Å²) in [7, 11) is 0. The zero-order valence-corrected chi connectivity index (χ0v) is 15.7. The third-order valence-corrected chi connectivity index (χ3v) is 4.04. The third-order valence-electron chi connectivity index (χ3n) is 4.04. The summed E-state index contributed by atoms with van der Waals surface area (Å²) in [5.41, 5.74) is 0.437. The van der Waals surface area contributed by atoms with Crippen LogP contribution in [-0.4, -0.2) is 62.7 Å². The molecule has 1 unspecified atom stereocenters. The van der Waals surface area contributed by atoms with Gasteiger partial charge >= 0.3 is 5.97 Å². The Hall–Kier alpha value is -2.45. The van der Waals surface area contributed by atoms with E-state index in [2.05, 4.69) is 10.6 Å². The number of amides is 1. The van der Waals surface area contributed by atoms with Gasteiger partial charge < -0.3 is 24.8 Å². The molecule has 8 heteroatoms. The molecule has 2 N–H and O–H groups in total. The minimum atomic E-state index is -0.672. The van der Waals surface area contributed by atoms with Gasteiger partial charge in [0.25, 0.3) is 0 Å². The van der Waals surface area contributed by atoms with Crippen molar-refractivity contribution in [2.45, 2.75) is 32.4 Å². The van der Waals surface area contributed by atoms with Crippen molar-refractivity contribution in [3.05, 3.63) is 29.8 Å². The topological polar surface area (TPSA) is 103 Å². The first-order chi connectivity index (χ1) is 13.0. The summed E-state index contributed by atoms with van der Waals surface area (Å²) in [6.07, 6.45) is 0.927. The second-order valence-electron chi connectivity index (χ2n) is 6.20. The number of esters is 1. The number of hydrogen-bond acceptors (Lipinski definition) is 7. The number of Topliss-reactive ketones (excluding diaryl/α,β-unsaturated/α-hetero) is 1. The lowest BCUT2D eigenvalue weighted by Gasteiger charge is -2.15. The van der Waals surface area contributed by atoms with Crippen LogP contribution in [-0.2, 0) is 19.1 Å². The molecule has 1 aliphatic heterocycles. The minimum Gasteiger partial charge on any atom is -0.482 e.